The molecule has 0 N–H and O–H groups in total. The number of nitrogens with zero attached hydrogens (tertiary/aromatic N) is 1. The quantitative estimate of drug-likeness (QED) is 0.638. The highest BCUT2D eigenvalue weighted by Crippen LogP contribution is 2.21. The average molecular weight is 216 g/mol. The standard InChI is InChI=1S/C10H9N.2ClH/c1-2-3-8-6-9-4-5-11-10(9)7-8;;/h2-7H,1H3;2*1H. The molecule has 3 heteroatoms. The lowest BCUT2D eigenvalue weighted by Gasteiger charge is -1.82. The van der Waals surface area contributed by atoms with Gasteiger partial charge in [-0.25, -0.2) is 0 Å². The van der Waals surface area contributed by atoms with Crippen molar-refractivity contribution in [3.8, 4) is 0 Å². The van der Waals surface area contributed by atoms with E-state index in [-0.39, 0.29) is 24.8 Å². The van der Waals surface area contributed by atoms with Gasteiger partial charge < -0.3 is 0 Å². The van der Waals surface area contributed by atoms with Gasteiger partial charge >= 0.3 is 0 Å². The van der Waals surface area contributed by atoms with Crippen molar-refractivity contribution in [1.29, 1.82) is 0 Å². The summed E-state index contributed by atoms with van der Waals surface area (Å²) in [5, 5.41) is 0. The Morgan fingerprint density at radius 1 is 1.23 bits per heavy atom. The zero-order chi connectivity index (χ0) is 7.68. The Balaban J connectivity index is 0.000000720. The molecule has 1 nitrogen and oxygen atoms in total. The maximum absolute atomic E-state index is 4.19. The third-order valence-corrected chi connectivity index (χ3v) is 1.75. The van der Waals surface area contributed by atoms with Gasteiger partial charge in [0.2, 0.25) is 0 Å². The van der Waals surface area contributed by atoms with E-state index in [9.17, 15) is 0 Å². The summed E-state index contributed by atoms with van der Waals surface area (Å²) in [6, 6.07) is 0. The molecule has 0 atom stereocenters. The van der Waals surface area contributed by atoms with Crippen LogP contribution in [0.5, 0.6) is 0 Å². The van der Waals surface area contributed by atoms with E-state index in [4.69, 9.17) is 0 Å². The fourth-order valence-corrected chi connectivity index (χ4v) is 1.27. The molecule has 0 aromatic rings. The number of hydrogen-bond donors (Lipinski definition) is 0. The van der Waals surface area contributed by atoms with Crippen molar-refractivity contribution >= 4 is 30.5 Å². The van der Waals surface area contributed by atoms with E-state index in [2.05, 4.69) is 23.2 Å². The van der Waals surface area contributed by atoms with Crippen LogP contribution in [0.3, 0.4) is 0 Å². The molecule has 1 aliphatic carbocycles. The first-order valence-electron chi connectivity index (χ1n) is 3.71. The first kappa shape index (κ1) is 12.2. The van der Waals surface area contributed by atoms with E-state index in [0.717, 1.165) is 5.71 Å². The number of aliphatic imine (C=N–C) groups is 1. The summed E-state index contributed by atoms with van der Waals surface area (Å²) in [5.74, 6) is 0. The topological polar surface area (TPSA) is 12.4 Å². The number of fused-ring (bicyclic) bond motifs is 1. The minimum atomic E-state index is 0. The molecule has 0 saturated carbocycles. The summed E-state index contributed by atoms with van der Waals surface area (Å²) in [6.45, 7) is 2.02. The first-order valence-corrected chi connectivity index (χ1v) is 3.71. The fraction of sp³-hybridized carbons (Fsp3) is 0.100. The van der Waals surface area contributed by atoms with Crippen LogP contribution in [0.2, 0.25) is 0 Å². The predicted octanol–water partition coefficient (Wildman–Crippen LogP) is 3.24. The monoisotopic (exact) mass is 215 g/mol. The SMILES string of the molecule is CC=CC1=CC2=NC=CC2=C1.Cl.Cl. The number of rotatable bonds is 1. The highest BCUT2D eigenvalue weighted by atomic mass is 35.5. The molecule has 0 radical (unpaired) electrons. The van der Waals surface area contributed by atoms with E-state index >= 15 is 0 Å². The Morgan fingerprint density at radius 3 is 2.62 bits per heavy atom. The van der Waals surface area contributed by atoms with Gasteiger partial charge in [-0.2, -0.15) is 0 Å². The van der Waals surface area contributed by atoms with Gasteiger partial charge in [0.05, 0.1) is 5.71 Å². The molecule has 0 amide bonds. The number of hydrogen-bond acceptors (Lipinski definition) is 1. The fourth-order valence-electron chi connectivity index (χ4n) is 1.27. The molecule has 13 heavy (non-hydrogen) atoms. The van der Waals surface area contributed by atoms with Crippen molar-refractivity contribution < 1.29 is 0 Å². The second-order valence-electron chi connectivity index (χ2n) is 2.57. The minimum Gasteiger partial charge on any atom is -0.256 e. The molecule has 0 unspecified atom stereocenters. The Hall–Kier alpha value is -0.790. The average Bonchev–Trinajstić information content (AvgIpc) is 2.46. The molecular weight excluding hydrogens is 205 g/mol. The van der Waals surface area contributed by atoms with E-state index in [1.54, 1.807) is 0 Å². The van der Waals surface area contributed by atoms with Gasteiger partial charge in [0.25, 0.3) is 0 Å². The zero-order valence-electron chi connectivity index (χ0n) is 7.23. The van der Waals surface area contributed by atoms with Gasteiger partial charge in [-0.15, -0.1) is 24.8 Å². The summed E-state index contributed by atoms with van der Waals surface area (Å²) >= 11 is 0. The molecule has 0 bridgehead atoms. The van der Waals surface area contributed by atoms with Gasteiger partial charge in [0.15, 0.2) is 0 Å². The molecule has 0 aromatic carbocycles. The van der Waals surface area contributed by atoms with Gasteiger partial charge in [-0.3, -0.25) is 4.99 Å². The molecule has 70 valence electrons. The Bertz CT molecular complexity index is 333. The lowest BCUT2D eigenvalue weighted by atomic mass is 10.2. The normalized spacial score (nSPS) is 17.2. The van der Waals surface area contributed by atoms with E-state index in [1.807, 2.05) is 25.3 Å². The summed E-state index contributed by atoms with van der Waals surface area (Å²) in [6.07, 6.45) is 12.2. The maximum Gasteiger partial charge on any atom is 0.0708 e. The van der Waals surface area contributed by atoms with Crippen molar-refractivity contribution in [3.63, 3.8) is 0 Å². The molecule has 0 spiro atoms. The van der Waals surface area contributed by atoms with Crippen LogP contribution in [-0.4, -0.2) is 5.71 Å². The summed E-state index contributed by atoms with van der Waals surface area (Å²) in [4.78, 5) is 4.19. The lowest BCUT2D eigenvalue weighted by Crippen LogP contribution is -1.84. The van der Waals surface area contributed by atoms with E-state index in [0.29, 0.717) is 0 Å². The predicted molar refractivity (Wildman–Crippen MR) is 62.1 cm³/mol. The lowest BCUT2D eigenvalue weighted by molar-refractivity contribution is 1.61. The molecule has 2 rings (SSSR count). The van der Waals surface area contributed by atoms with Crippen LogP contribution in [0.4, 0.5) is 0 Å². The van der Waals surface area contributed by atoms with E-state index in [1.165, 1.54) is 11.1 Å². The minimum absolute atomic E-state index is 0. The van der Waals surface area contributed by atoms with Crippen molar-refractivity contribution in [2.24, 2.45) is 4.99 Å². The van der Waals surface area contributed by atoms with Crippen LogP contribution in [0.25, 0.3) is 0 Å². The zero-order valence-corrected chi connectivity index (χ0v) is 8.86. The van der Waals surface area contributed by atoms with Crippen LogP contribution in [-0.2, 0) is 0 Å². The molecule has 0 fully saturated rings. The van der Waals surface area contributed by atoms with Crippen molar-refractivity contribution in [2.45, 2.75) is 6.92 Å². The van der Waals surface area contributed by atoms with Crippen LogP contribution < -0.4 is 0 Å². The molecule has 0 saturated heterocycles. The molecular formula is C10H11Cl2N. The maximum atomic E-state index is 4.19. The number of allylic oxidation sites excluding steroid dienone is 7. The van der Waals surface area contributed by atoms with Crippen LogP contribution in [0, 0.1) is 0 Å². The Labute approximate surface area is 90.5 Å². The summed E-state index contributed by atoms with van der Waals surface area (Å²) in [5.41, 5.74) is 3.57. The Kier molecular flexibility index (Phi) is 4.74. The molecule has 1 aliphatic heterocycles. The van der Waals surface area contributed by atoms with Crippen molar-refractivity contribution in [2.75, 3.05) is 0 Å². The van der Waals surface area contributed by atoms with E-state index < -0.39 is 0 Å². The summed E-state index contributed by atoms with van der Waals surface area (Å²) < 4.78 is 0. The van der Waals surface area contributed by atoms with Crippen LogP contribution in [0.1, 0.15) is 6.92 Å². The largest absolute Gasteiger partial charge is 0.256 e. The van der Waals surface area contributed by atoms with Gasteiger partial charge in [-0.1, -0.05) is 12.2 Å². The van der Waals surface area contributed by atoms with Crippen molar-refractivity contribution in [3.05, 3.63) is 47.7 Å². The van der Waals surface area contributed by atoms with Crippen LogP contribution >= 0.6 is 24.8 Å². The highest BCUT2D eigenvalue weighted by molar-refractivity contribution is 6.15. The number of halogens is 2. The van der Waals surface area contributed by atoms with Gasteiger partial charge in [0, 0.05) is 11.8 Å². The third-order valence-electron chi connectivity index (χ3n) is 1.75. The molecule has 1 heterocycles. The highest BCUT2D eigenvalue weighted by Gasteiger charge is 2.11. The second kappa shape index (κ2) is 5.05. The molecule has 2 aliphatic rings. The third kappa shape index (κ3) is 2.33. The first-order chi connectivity index (χ1) is 5.40. The molecule has 0 aromatic heterocycles. The summed E-state index contributed by atoms with van der Waals surface area (Å²) in [7, 11) is 0. The van der Waals surface area contributed by atoms with Gasteiger partial charge in [-0.05, 0) is 30.7 Å². The van der Waals surface area contributed by atoms with Crippen LogP contribution in [0.15, 0.2) is 52.7 Å². The smallest absolute Gasteiger partial charge is 0.0708 e. The Morgan fingerprint density at radius 2 is 2.00 bits per heavy atom. The van der Waals surface area contributed by atoms with Gasteiger partial charge in [0.1, 0.15) is 0 Å². The second-order valence-corrected chi connectivity index (χ2v) is 2.57. The van der Waals surface area contributed by atoms with Crippen molar-refractivity contribution in [1.82, 2.24) is 0 Å².